The molecule has 1 heteroatoms. The molecule has 0 aromatic heterocycles. The Labute approximate surface area is 108 Å². The van der Waals surface area contributed by atoms with Crippen LogP contribution in [0.15, 0.2) is 23.8 Å². The summed E-state index contributed by atoms with van der Waals surface area (Å²) in [4.78, 5) is 0. The van der Waals surface area contributed by atoms with Gasteiger partial charge < -0.3 is 5.11 Å². The highest BCUT2D eigenvalue weighted by molar-refractivity contribution is 5.25. The van der Waals surface area contributed by atoms with Gasteiger partial charge >= 0.3 is 0 Å². The van der Waals surface area contributed by atoms with Gasteiger partial charge in [0.2, 0.25) is 0 Å². The van der Waals surface area contributed by atoms with Gasteiger partial charge in [0.15, 0.2) is 0 Å². The Balaban J connectivity index is 4.93. The van der Waals surface area contributed by atoms with Gasteiger partial charge in [-0.25, -0.2) is 0 Å². The van der Waals surface area contributed by atoms with E-state index in [0.717, 1.165) is 12.8 Å². The molecule has 0 aliphatic carbocycles. The van der Waals surface area contributed by atoms with E-state index in [-0.39, 0.29) is 12.0 Å². The third-order valence-corrected chi connectivity index (χ3v) is 3.90. The standard InChI is InChI=1S/C16H30O/c1-7-15(3,4)12-11-14(10-9-13-17)16(5,6)8-2/h9-11,17H,7-8,12-13H2,1-6H3/b10-9-,14-11+. The van der Waals surface area contributed by atoms with Crippen molar-refractivity contribution >= 4 is 0 Å². The van der Waals surface area contributed by atoms with Crippen molar-refractivity contribution in [3.63, 3.8) is 0 Å². The summed E-state index contributed by atoms with van der Waals surface area (Å²) in [5.41, 5.74) is 1.90. The summed E-state index contributed by atoms with van der Waals surface area (Å²) in [6, 6.07) is 0. The number of aliphatic hydroxyl groups is 1. The maximum atomic E-state index is 8.91. The van der Waals surface area contributed by atoms with Crippen LogP contribution in [0.4, 0.5) is 0 Å². The van der Waals surface area contributed by atoms with Gasteiger partial charge in [0, 0.05) is 0 Å². The summed E-state index contributed by atoms with van der Waals surface area (Å²) < 4.78 is 0. The van der Waals surface area contributed by atoms with Crippen molar-refractivity contribution in [2.24, 2.45) is 10.8 Å². The topological polar surface area (TPSA) is 20.2 Å². The van der Waals surface area contributed by atoms with E-state index in [1.54, 1.807) is 0 Å². The average molecular weight is 238 g/mol. The van der Waals surface area contributed by atoms with E-state index in [1.165, 1.54) is 12.0 Å². The predicted molar refractivity (Wildman–Crippen MR) is 77.1 cm³/mol. The molecule has 0 heterocycles. The molecule has 0 aliphatic rings. The molecule has 0 rings (SSSR count). The van der Waals surface area contributed by atoms with Gasteiger partial charge in [0.05, 0.1) is 6.61 Å². The summed E-state index contributed by atoms with van der Waals surface area (Å²) in [5.74, 6) is 0. The Morgan fingerprint density at radius 2 is 1.65 bits per heavy atom. The summed E-state index contributed by atoms with van der Waals surface area (Å²) in [5, 5.41) is 8.91. The Hall–Kier alpha value is -0.560. The van der Waals surface area contributed by atoms with Crippen LogP contribution in [0, 0.1) is 10.8 Å². The Bertz CT molecular complexity index is 269. The van der Waals surface area contributed by atoms with Crippen molar-refractivity contribution in [3.05, 3.63) is 23.8 Å². The van der Waals surface area contributed by atoms with Crippen LogP contribution in [-0.2, 0) is 0 Å². The number of rotatable bonds is 7. The normalized spacial score (nSPS) is 14.6. The van der Waals surface area contributed by atoms with E-state index >= 15 is 0 Å². The van der Waals surface area contributed by atoms with Gasteiger partial charge in [-0.2, -0.15) is 0 Å². The second-order valence-electron chi connectivity index (χ2n) is 6.20. The smallest absolute Gasteiger partial charge is 0.0615 e. The number of hydrogen-bond acceptors (Lipinski definition) is 1. The minimum absolute atomic E-state index is 0.119. The highest BCUT2D eigenvalue weighted by Gasteiger charge is 2.20. The molecule has 0 aromatic rings. The molecule has 0 atom stereocenters. The van der Waals surface area contributed by atoms with E-state index < -0.39 is 0 Å². The SMILES string of the molecule is CCC(C)(C)C/C=C(\C=C/CO)C(C)(C)CC. The van der Waals surface area contributed by atoms with Crippen LogP contribution in [0.1, 0.15) is 60.8 Å². The quantitative estimate of drug-likeness (QED) is 0.636. The molecule has 0 bridgehead atoms. The lowest BCUT2D eigenvalue weighted by molar-refractivity contribution is 0.341. The Morgan fingerprint density at radius 1 is 1.06 bits per heavy atom. The molecule has 0 saturated carbocycles. The van der Waals surface area contributed by atoms with Crippen molar-refractivity contribution < 1.29 is 5.11 Å². The molecule has 0 amide bonds. The molecule has 0 aliphatic heterocycles. The number of allylic oxidation sites excluding steroid dienone is 3. The third kappa shape index (κ3) is 6.07. The van der Waals surface area contributed by atoms with Crippen molar-refractivity contribution in [1.82, 2.24) is 0 Å². The molecule has 100 valence electrons. The maximum Gasteiger partial charge on any atom is 0.0615 e. The highest BCUT2D eigenvalue weighted by Crippen LogP contribution is 2.34. The summed E-state index contributed by atoms with van der Waals surface area (Å²) in [6.45, 7) is 13.7. The average Bonchev–Trinajstić information content (AvgIpc) is 2.28. The maximum absolute atomic E-state index is 8.91. The van der Waals surface area contributed by atoms with E-state index in [4.69, 9.17) is 5.11 Å². The van der Waals surface area contributed by atoms with Crippen molar-refractivity contribution in [2.75, 3.05) is 6.61 Å². The Kier molecular flexibility index (Phi) is 6.77. The summed E-state index contributed by atoms with van der Waals surface area (Å²) in [7, 11) is 0. The van der Waals surface area contributed by atoms with Crippen LogP contribution < -0.4 is 0 Å². The molecule has 1 nitrogen and oxygen atoms in total. The highest BCUT2D eigenvalue weighted by atomic mass is 16.2. The minimum Gasteiger partial charge on any atom is -0.392 e. The molecule has 0 unspecified atom stereocenters. The fourth-order valence-corrected chi connectivity index (χ4v) is 1.48. The first-order chi connectivity index (χ1) is 7.79. The molecule has 0 saturated heterocycles. The first-order valence-electron chi connectivity index (χ1n) is 6.77. The number of aliphatic hydroxyl groups excluding tert-OH is 1. The second-order valence-corrected chi connectivity index (χ2v) is 6.20. The van der Waals surface area contributed by atoms with Crippen molar-refractivity contribution in [1.29, 1.82) is 0 Å². The van der Waals surface area contributed by atoms with E-state index in [1.807, 2.05) is 6.08 Å². The fraction of sp³-hybridized carbons (Fsp3) is 0.750. The van der Waals surface area contributed by atoms with E-state index in [2.05, 4.69) is 53.7 Å². The lowest BCUT2D eigenvalue weighted by Crippen LogP contribution is -2.14. The molecule has 0 spiro atoms. The van der Waals surface area contributed by atoms with Gasteiger partial charge in [-0.1, -0.05) is 66.2 Å². The summed E-state index contributed by atoms with van der Waals surface area (Å²) >= 11 is 0. The molecular weight excluding hydrogens is 208 g/mol. The molecule has 1 N–H and O–H groups in total. The van der Waals surface area contributed by atoms with E-state index in [0.29, 0.717) is 5.41 Å². The van der Waals surface area contributed by atoms with Crippen LogP contribution in [0.5, 0.6) is 0 Å². The first kappa shape index (κ1) is 16.4. The number of hydrogen-bond donors (Lipinski definition) is 1. The zero-order valence-corrected chi connectivity index (χ0v) is 12.5. The summed E-state index contributed by atoms with van der Waals surface area (Å²) in [6.07, 6.45) is 9.66. The monoisotopic (exact) mass is 238 g/mol. The van der Waals surface area contributed by atoms with Crippen LogP contribution in [-0.4, -0.2) is 11.7 Å². The largest absolute Gasteiger partial charge is 0.392 e. The lowest BCUT2D eigenvalue weighted by Gasteiger charge is -2.27. The fourth-order valence-electron chi connectivity index (χ4n) is 1.48. The Morgan fingerprint density at radius 3 is 2.06 bits per heavy atom. The zero-order chi connectivity index (χ0) is 13.5. The first-order valence-corrected chi connectivity index (χ1v) is 6.77. The van der Waals surface area contributed by atoms with Crippen LogP contribution >= 0.6 is 0 Å². The molecule has 0 radical (unpaired) electrons. The van der Waals surface area contributed by atoms with Crippen molar-refractivity contribution in [3.8, 4) is 0 Å². The molecule has 17 heavy (non-hydrogen) atoms. The van der Waals surface area contributed by atoms with Crippen LogP contribution in [0.25, 0.3) is 0 Å². The molecular formula is C16H30O. The van der Waals surface area contributed by atoms with Gasteiger partial charge in [-0.15, -0.1) is 0 Å². The van der Waals surface area contributed by atoms with Gasteiger partial charge in [0.25, 0.3) is 0 Å². The third-order valence-electron chi connectivity index (χ3n) is 3.90. The van der Waals surface area contributed by atoms with Crippen LogP contribution in [0.3, 0.4) is 0 Å². The zero-order valence-electron chi connectivity index (χ0n) is 12.5. The molecule has 0 fully saturated rings. The lowest BCUT2D eigenvalue weighted by atomic mass is 9.78. The van der Waals surface area contributed by atoms with Gasteiger partial charge in [-0.05, 0) is 29.2 Å². The second kappa shape index (κ2) is 7.00. The van der Waals surface area contributed by atoms with Gasteiger partial charge in [-0.3, -0.25) is 0 Å². The van der Waals surface area contributed by atoms with Crippen LogP contribution in [0.2, 0.25) is 0 Å². The predicted octanol–water partition coefficient (Wildman–Crippen LogP) is 4.72. The molecule has 0 aromatic carbocycles. The van der Waals surface area contributed by atoms with Gasteiger partial charge in [0.1, 0.15) is 0 Å². The minimum atomic E-state index is 0.119. The van der Waals surface area contributed by atoms with Crippen molar-refractivity contribution in [2.45, 2.75) is 60.8 Å². The van der Waals surface area contributed by atoms with E-state index in [9.17, 15) is 0 Å².